The molecule has 0 unspecified atom stereocenters. The number of ether oxygens (including phenoxy) is 2. The lowest BCUT2D eigenvalue weighted by atomic mass is 9.80. The maximum atomic E-state index is 11.4. The average molecular weight is 243 g/mol. The van der Waals surface area contributed by atoms with Crippen LogP contribution in [0.2, 0.25) is 0 Å². The molecule has 1 saturated carbocycles. The topological polar surface area (TPSA) is 64.6 Å². The number of amides is 1. The van der Waals surface area contributed by atoms with Gasteiger partial charge in [-0.25, -0.2) is 4.79 Å². The minimum atomic E-state index is -0.492. The van der Waals surface area contributed by atoms with Gasteiger partial charge in [-0.3, -0.25) is 4.79 Å². The van der Waals surface area contributed by atoms with Crippen LogP contribution in [-0.4, -0.2) is 30.3 Å². The maximum Gasteiger partial charge on any atom is 0.407 e. The van der Waals surface area contributed by atoms with Gasteiger partial charge in [0, 0.05) is 6.04 Å². The van der Waals surface area contributed by atoms with Crippen LogP contribution in [0.25, 0.3) is 0 Å². The van der Waals surface area contributed by atoms with E-state index < -0.39 is 11.7 Å². The van der Waals surface area contributed by atoms with E-state index in [9.17, 15) is 9.59 Å². The molecule has 0 aromatic heterocycles. The Bertz CT molecular complexity index is 289. The van der Waals surface area contributed by atoms with Gasteiger partial charge in [0.1, 0.15) is 5.60 Å². The maximum absolute atomic E-state index is 11.4. The van der Waals surface area contributed by atoms with Gasteiger partial charge in [-0.1, -0.05) is 0 Å². The summed E-state index contributed by atoms with van der Waals surface area (Å²) >= 11 is 0. The Hall–Kier alpha value is -1.26. The van der Waals surface area contributed by atoms with Crippen LogP contribution in [0.15, 0.2) is 0 Å². The van der Waals surface area contributed by atoms with Crippen LogP contribution in [0.4, 0.5) is 4.79 Å². The summed E-state index contributed by atoms with van der Waals surface area (Å²) in [6.45, 7) is 7.63. The number of esters is 1. The standard InChI is InChI=1S/C12H21NO4/c1-5-16-10(14)8-6-9(7-8)13-11(15)17-12(2,3)4/h8-9H,5-7H2,1-4H3,(H,13,15)/t8-,9+. The molecule has 1 fully saturated rings. The van der Waals surface area contributed by atoms with Crippen molar-refractivity contribution in [2.24, 2.45) is 5.92 Å². The number of nitrogens with one attached hydrogen (secondary N) is 1. The van der Waals surface area contributed by atoms with Crippen LogP contribution in [0.3, 0.4) is 0 Å². The first-order valence-electron chi connectivity index (χ1n) is 5.98. The van der Waals surface area contributed by atoms with Crippen molar-refractivity contribution in [2.75, 3.05) is 6.61 Å². The third-order valence-electron chi connectivity index (χ3n) is 2.48. The van der Waals surface area contributed by atoms with Crippen LogP contribution >= 0.6 is 0 Å². The number of hydrogen-bond acceptors (Lipinski definition) is 4. The van der Waals surface area contributed by atoms with Gasteiger partial charge in [0.15, 0.2) is 0 Å². The number of carbonyl (C=O) groups excluding carboxylic acids is 2. The van der Waals surface area contributed by atoms with E-state index in [1.807, 2.05) is 20.8 Å². The molecule has 17 heavy (non-hydrogen) atoms. The highest BCUT2D eigenvalue weighted by atomic mass is 16.6. The zero-order valence-corrected chi connectivity index (χ0v) is 10.9. The lowest BCUT2D eigenvalue weighted by Gasteiger charge is -2.34. The fourth-order valence-corrected chi connectivity index (χ4v) is 1.66. The predicted molar refractivity (Wildman–Crippen MR) is 62.5 cm³/mol. The van der Waals surface area contributed by atoms with Crippen molar-refractivity contribution < 1.29 is 19.1 Å². The van der Waals surface area contributed by atoms with E-state index in [0.29, 0.717) is 19.4 Å². The van der Waals surface area contributed by atoms with Crippen molar-refractivity contribution in [3.05, 3.63) is 0 Å². The number of hydrogen-bond donors (Lipinski definition) is 1. The average Bonchev–Trinajstić information content (AvgIpc) is 2.07. The molecule has 0 spiro atoms. The Morgan fingerprint density at radius 2 is 1.88 bits per heavy atom. The second-order valence-electron chi connectivity index (χ2n) is 5.26. The van der Waals surface area contributed by atoms with Gasteiger partial charge in [-0.2, -0.15) is 0 Å². The van der Waals surface area contributed by atoms with Gasteiger partial charge in [0.25, 0.3) is 0 Å². The second-order valence-corrected chi connectivity index (χ2v) is 5.26. The van der Waals surface area contributed by atoms with E-state index in [1.165, 1.54) is 0 Å². The second kappa shape index (κ2) is 5.38. The van der Waals surface area contributed by atoms with Crippen LogP contribution in [0, 0.1) is 5.92 Å². The Kier molecular flexibility index (Phi) is 4.37. The summed E-state index contributed by atoms with van der Waals surface area (Å²) in [6.07, 6.45) is 0.848. The molecule has 5 nitrogen and oxygen atoms in total. The fourth-order valence-electron chi connectivity index (χ4n) is 1.66. The summed E-state index contributed by atoms with van der Waals surface area (Å²) < 4.78 is 10.0. The van der Waals surface area contributed by atoms with Gasteiger partial charge in [0.05, 0.1) is 12.5 Å². The first-order valence-corrected chi connectivity index (χ1v) is 5.98. The van der Waals surface area contributed by atoms with Crippen LogP contribution in [0.5, 0.6) is 0 Å². The molecule has 0 aliphatic heterocycles. The molecule has 5 heteroatoms. The zero-order valence-electron chi connectivity index (χ0n) is 10.9. The van der Waals surface area contributed by atoms with Crippen LogP contribution in [0.1, 0.15) is 40.5 Å². The summed E-state index contributed by atoms with van der Waals surface area (Å²) in [7, 11) is 0. The summed E-state index contributed by atoms with van der Waals surface area (Å²) in [6, 6.07) is 0.0271. The monoisotopic (exact) mass is 243 g/mol. The van der Waals surface area contributed by atoms with E-state index in [1.54, 1.807) is 6.92 Å². The third-order valence-corrected chi connectivity index (χ3v) is 2.48. The predicted octanol–water partition coefficient (Wildman–Crippen LogP) is 1.85. The molecule has 1 N–H and O–H groups in total. The molecule has 0 atom stereocenters. The molecular weight excluding hydrogens is 222 g/mol. The highest BCUT2D eigenvalue weighted by Gasteiger charge is 2.37. The molecular formula is C12H21NO4. The summed E-state index contributed by atoms with van der Waals surface area (Å²) in [5, 5.41) is 2.73. The Labute approximate surface area is 102 Å². The number of carbonyl (C=O) groups is 2. The highest BCUT2D eigenvalue weighted by molar-refractivity contribution is 5.74. The molecule has 0 aromatic carbocycles. The van der Waals surface area contributed by atoms with Crippen LogP contribution in [-0.2, 0) is 14.3 Å². The van der Waals surface area contributed by atoms with Gasteiger partial charge in [-0.05, 0) is 40.5 Å². The number of rotatable bonds is 3. The summed E-state index contributed by atoms with van der Waals surface area (Å²) in [5.41, 5.74) is -0.492. The lowest BCUT2D eigenvalue weighted by Crippen LogP contribution is -2.48. The van der Waals surface area contributed by atoms with E-state index in [4.69, 9.17) is 9.47 Å². The lowest BCUT2D eigenvalue weighted by molar-refractivity contribution is -0.151. The molecule has 0 radical (unpaired) electrons. The van der Waals surface area contributed by atoms with E-state index >= 15 is 0 Å². The van der Waals surface area contributed by atoms with Crippen molar-refractivity contribution in [2.45, 2.75) is 52.2 Å². The highest BCUT2D eigenvalue weighted by Crippen LogP contribution is 2.28. The quantitative estimate of drug-likeness (QED) is 0.768. The van der Waals surface area contributed by atoms with E-state index in [0.717, 1.165) is 0 Å². The van der Waals surface area contributed by atoms with E-state index in [2.05, 4.69) is 5.32 Å². The molecule has 1 aliphatic rings. The normalized spacial score (nSPS) is 23.5. The van der Waals surface area contributed by atoms with Crippen molar-refractivity contribution in [3.8, 4) is 0 Å². The first kappa shape index (κ1) is 13.8. The fraction of sp³-hybridized carbons (Fsp3) is 0.833. The number of alkyl carbamates (subject to hydrolysis) is 1. The molecule has 1 amide bonds. The molecule has 0 heterocycles. The molecule has 1 aliphatic carbocycles. The molecule has 0 bridgehead atoms. The molecule has 98 valence electrons. The first-order chi connectivity index (χ1) is 7.81. The Morgan fingerprint density at radius 3 is 2.35 bits per heavy atom. The Balaban J connectivity index is 2.21. The summed E-state index contributed by atoms with van der Waals surface area (Å²) in [5.74, 6) is -0.246. The van der Waals surface area contributed by atoms with Crippen LogP contribution < -0.4 is 5.32 Å². The Morgan fingerprint density at radius 1 is 1.29 bits per heavy atom. The zero-order chi connectivity index (χ0) is 13.1. The van der Waals surface area contributed by atoms with Gasteiger partial charge in [0.2, 0.25) is 0 Å². The van der Waals surface area contributed by atoms with E-state index in [-0.39, 0.29) is 17.9 Å². The minimum Gasteiger partial charge on any atom is -0.466 e. The smallest absolute Gasteiger partial charge is 0.407 e. The molecule has 0 aromatic rings. The largest absolute Gasteiger partial charge is 0.466 e. The van der Waals surface area contributed by atoms with Gasteiger partial charge >= 0.3 is 12.1 Å². The van der Waals surface area contributed by atoms with Crippen molar-refractivity contribution in [3.63, 3.8) is 0 Å². The molecule has 0 saturated heterocycles. The SMILES string of the molecule is CCOC(=O)[C@H]1C[C@@H](NC(=O)OC(C)(C)C)C1. The minimum absolute atomic E-state index is 0.0271. The van der Waals surface area contributed by atoms with Crippen molar-refractivity contribution in [1.82, 2.24) is 5.32 Å². The summed E-state index contributed by atoms with van der Waals surface area (Å²) in [4.78, 5) is 22.7. The van der Waals surface area contributed by atoms with Crippen molar-refractivity contribution >= 4 is 12.1 Å². The van der Waals surface area contributed by atoms with Gasteiger partial charge < -0.3 is 14.8 Å². The third kappa shape index (κ3) is 4.63. The molecule has 1 rings (SSSR count). The van der Waals surface area contributed by atoms with Crippen molar-refractivity contribution in [1.29, 1.82) is 0 Å². The van der Waals surface area contributed by atoms with Gasteiger partial charge in [-0.15, -0.1) is 0 Å².